The number of benzene rings is 9. The fourth-order valence-corrected chi connectivity index (χ4v) is 8.75. The molecule has 0 spiro atoms. The van der Waals surface area contributed by atoms with E-state index in [1.165, 1.54) is 21.5 Å². The van der Waals surface area contributed by atoms with Gasteiger partial charge in [0.25, 0.3) is 0 Å². The van der Waals surface area contributed by atoms with E-state index < -0.39 is 0 Å². The van der Waals surface area contributed by atoms with Crippen molar-refractivity contribution in [2.45, 2.75) is 0 Å². The van der Waals surface area contributed by atoms with Gasteiger partial charge in [0.2, 0.25) is 0 Å². The lowest BCUT2D eigenvalue weighted by Gasteiger charge is -2.15. The Morgan fingerprint density at radius 2 is 0.966 bits per heavy atom. The molecule has 0 bridgehead atoms. The third kappa shape index (κ3) is 5.07. The Balaban J connectivity index is 1.17. The smallest absolute Gasteiger partial charge is 0.164 e. The van der Waals surface area contributed by atoms with Gasteiger partial charge in [0.1, 0.15) is 11.2 Å². The quantitative estimate of drug-likeness (QED) is 0.176. The number of fused-ring (bicyclic) bond motifs is 9. The number of furan rings is 1. The van der Waals surface area contributed by atoms with E-state index in [4.69, 9.17) is 19.4 Å². The van der Waals surface area contributed by atoms with Crippen molar-refractivity contribution in [1.29, 1.82) is 0 Å². The maximum absolute atomic E-state index is 6.64. The van der Waals surface area contributed by atoms with Gasteiger partial charge < -0.3 is 8.98 Å². The van der Waals surface area contributed by atoms with Crippen LogP contribution in [0.25, 0.3) is 116 Å². The second-order valence-corrected chi connectivity index (χ2v) is 14.8. The third-order valence-electron chi connectivity index (χ3n) is 11.4. The van der Waals surface area contributed by atoms with E-state index in [1.807, 2.05) is 42.5 Å². The summed E-state index contributed by atoms with van der Waals surface area (Å²) in [5, 5.41) is 9.15. The molecule has 3 aromatic heterocycles. The monoisotopic (exact) mass is 740 g/mol. The second-order valence-electron chi connectivity index (χ2n) is 14.8. The van der Waals surface area contributed by atoms with Gasteiger partial charge in [-0.3, -0.25) is 0 Å². The lowest BCUT2D eigenvalue weighted by molar-refractivity contribution is 0.669. The van der Waals surface area contributed by atoms with Crippen LogP contribution in [0.4, 0.5) is 0 Å². The summed E-state index contributed by atoms with van der Waals surface area (Å²) in [6.45, 7) is 0. The summed E-state index contributed by atoms with van der Waals surface area (Å²) in [6, 6.07) is 68.0. The van der Waals surface area contributed by atoms with E-state index in [2.05, 4.69) is 156 Å². The summed E-state index contributed by atoms with van der Waals surface area (Å²) >= 11 is 0. The van der Waals surface area contributed by atoms with Crippen molar-refractivity contribution in [2.24, 2.45) is 0 Å². The molecule has 3 heterocycles. The highest BCUT2D eigenvalue weighted by molar-refractivity contribution is 6.22. The van der Waals surface area contributed by atoms with Crippen molar-refractivity contribution in [3.63, 3.8) is 0 Å². The molecule has 0 radical (unpaired) electrons. The molecule has 12 rings (SSSR count). The van der Waals surface area contributed by atoms with E-state index >= 15 is 0 Å². The zero-order chi connectivity index (χ0) is 38.2. The van der Waals surface area contributed by atoms with Gasteiger partial charge in [0.15, 0.2) is 17.5 Å². The molecule has 0 aliphatic heterocycles. The number of hydrogen-bond acceptors (Lipinski definition) is 4. The molecular weight excluding hydrogens is 709 g/mol. The first-order chi connectivity index (χ1) is 28.7. The van der Waals surface area contributed by atoms with Gasteiger partial charge >= 0.3 is 0 Å². The molecule has 5 nitrogen and oxygen atoms in total. The summed E-state index contributed by atoms with van der Waals surface area (Å²) < 4.78 is 9.04. The largest absolute Gasteiger partial charge is 0.456 e. The van der Waals surface area contributed by atoms with Crippen molar-refractivity contribution in [2.75, 3.05) is 0 Å². The zero-order valence-electron chi connectivity index (χ0n) is 31.2. The minimum absolute atomic E-state index is 0.602. The Morgan fingerprint density at radius 1 is 0.345 bits per heavy atom. The highest BCUT2D eigenvalue weighted by Gasteiger charge is 2.21. The fourth-order valence-electron chi connectivity index (χ4n) is 8.75. The van der Waals surface area contributed by atoms with Gasteiger partial charge in [-0.2, -0.15) is 0 Å². The van der Waals surface area contributed by atoms with Gasteiger partial charge in [0.05, 0.1) is 16.7 Å². The van der Waals surface area contributed by atoms with E-state index in [1.54, 1.807) is 0 Å². The number of para-hydroxylation sites is 2. The van der Waals surface area contributed by atoms with Gasteiger partial charge in [-0.05, 0) is 57.6 Å². The van der Waals surface area contributed by atoms with Crippen LogP contribution in [0.5, 0.6) is 0 Å². The predicted molar refractivity (Wildman–Crippen MR) is 238 cm³/mol. The highest BCUT2D eigenvalue weighted by atomic mass is 16.3. The first-order valence-corrected chi connectivity index (χ1v) is 19.5. The van der Waals surface area contributed by atoms with Crippen molar-refractivity contribution >= 4 is 65.3 Å². The molecular formula is C53H32N4O. The predicted octanol–water partition coefficient (Wildman–Crippen LogP) is 13.8. The standard InChI is InChI=1S/C53H32N4O/c1-3-15-33(16-4-1)38-21-9-10-23-41(38)53-55-51(34-17-5-2-6-18-34)54-52(56-53)37-27-28-40-44(30-37)47(32-49-50(40)42-24-12-14-26-48(42)58-49)57-45-25-13-11-22-39(45)43-29-35-19-7-8-20-36(35)31-46(43)57/h1-32H. The molecule has 0 saturated heterocycles. The van der Waals surface area contributed by atoms with Crippen LogP contribution in [-0.4, -0.2) is 19.5 Å². The first kappa shape index (κ1) is 32.4. The first-order valence-electron chi connectivity index (χ1n) is 19.5. The molecule has 0 amide bonds. The van der Waals surface area contributed by atoms with E-state index in [-0.39, 0.29) is 0 Å². The average Bonchev–Trinajstić information content (AvgIpc) is 3.83. The summed E-state index contributed by atoms with van der Waals surface area (Å²) in [4.78, 5) is 15.6. The topological polar surface area (TPSA) is 56.7 Å². The molecule has 9 aromatic carbocycles. The molecule has 0 saturated carbocycles. The fraction of sp³-hybridized carbons (Fsp3) is 0. The van der Waals surface area contributed by atoms with Gasteiger partial charge in [-0.25, -0.2) is 15.0 Å². The molecule has 5 heteroatoms. The van der Waals surface area contributed by atoms with Crippen LogP contribution in [0.2, 0.25) is 0 Å². The van der Waals surface area contributed by atoms with Crippen molar-refractivity contribution in [3.8, 4) is 51.0 Å². The SMILES string of the molecule is c1ccc(-c2nc(-c3ccc4c(c3)c(-n3c5ccccc5c5cc6ccccc6cc53)cc3oc5ccccc5c34)nc(-c3ccccc3-c3ccccc3)n2)cc1. The van der Waals surface area contributed by atoms with Crippen molar-refractivity contribution in [1.82, 2.24) is 19.5 Å². The van der Waals surface area contributed by atoms with E-state index in [0.717, 1.165) is 77.2 Å². The number of rotatable bonds is 5. The van der Waals surface area contributed by atoms with Crippen LogP contribution in [0.15, 0.2) is 199 Å². The Labute approximate surface area is 333 Å². The molecule has 0 aliphatic rings. The molecule has 58 heavy (non-hydrogen) atoms. The normalized spacial score (nSPS) is 11.8. The molecule has 12 aromatic rings. The molecule has 0 N–H and O–H groups in total. The third-order valence-corrected chi connectivity index (χ3v) is 11.4. The summed E-state index contributed by atoms with van der Waals surface area (Å²) in [5.74, 6) is 1.84. The molecule has 0 unspecified atom stereocenters. The van der Waals surface area contributed by atoms with Gasteiger partial charge in [0, 0.05) is 49.7 Å². The van der Waals surface area contributed by atoms with Crippen molar-refractivity contribution < 1.29 is 4.42 Å². The maximum atomic E-state index is 6.64. The summed E-state index contributed by atoms with van der Waals surface area (Å²) in [5.41, 5.74) is 9.92. The summed E-state index contributed by atoms with van der Waals surface area (Å²) in [6.07, 6.45) is 0. The van der Waals surface area contributed by atoms with Crippen molar-refractivity contribution in [3.05, 3.63) is 194 Å². The van der Waals surface area contributed by atoms with Gasteiger partial charge in [-0.1, -0.05) is 158 Å². The Bertz CT molecular complexity index is 3570. The van der Waals surface area contributed by atoms with E-state index in [0.29, 0.717) is 17.5 Å². The lowest BCUT2D eigenvalue weighted by Crippen LogP contribution is -2.01. The molecule has 270 valence electrons. The minimum Gasteiger partial charge on any atom is -0.456 e. The Hall–Kier alpha value is -7.89. The lowest BCUT2D eigenvalue weighted by atomic mass is 9.98. The Morgan fingerprint density at radius 3 is 1.78 bits per heavy atom. The highest BCUT2D eigenvalue weighted by Crippen LogP contribution is 2.43. The molecule has 0 fully saturated rings. The Kier molecular flexibility index (Phi) is 7.16. The van der Waals surface area contributed by atoms with Crippen LogP contribution < -0.4 is 0 Å². The number of aromatic nitrogens is 4. The minimum atomic E-state index is 0.602. The van der Waals surface area contributed by atoms with Crippen LogP contribution in [0.3, 0.4) is 0 Å². The molecule has 0 atom stereocenters. The average molecular weight is 741 g/mol. The van der Waals surface area contributed by atoms with E-state index in [9.17, 15) is 0 Å². The second kappa shape index (κ2) is 12.8. The molecule has 0 aliphatic carbocycles. The number of hydrogen-bond donors (Lipinski definition) is 0. The zero-order valence-corrected chi connectivity index (χ0v) is 31.2. The number of nitrogens with zero attached hydrogens (tertiary/aromatic N) is 4. The van der Waals surface area contributed by atoms with Crippen LogP contribution >= 0.6 is 0 Å². The summed E-state index contributed by atoms with van der Waals surface area (Å²) in [7, 11) is 0. The van der Waals surface area contributed by atoms with Gasteiger partial charge in [-0.15, -0.1) is 0 Å². The maximum Gasteiger partial charge on any atom is 0.164 e. The van der Waals surface area contributed by atoms with Crippen LogP contribution in [-0.2, 0) is 0 Å². The van der Waals surface area contributed by atoms with Crippen LogP contribution in [0.1, 0.15) is 0 Å². The van der Waals surface area contributed by atoms with Crippen LogP contribution in [0, 0.1) is 0 Å².